The summed E-state index contributed by atoms with van der Waals surface area (Å²) >= 11 is 0. The molecule has 3 aromatic rings. The number of fused-ring (bicyclic) bond motifs is 1. The van der Waals surface area contributed by atoms with Crippen LogP contribution in [-0.2, 0) is 15.6 Å². The van der Waals surface area contributed by atoms with Gasteiger partial charge in [0.25, 0.3) is 5.91 Å². The minimum atomic E-state index is -3.57. The number of pyridine rings is 1. The van der Waals surface area contributed by atoms with E-state index in [1.54, 1.807) is 48.7 Å². The Bertz CT molecular complexity index is 1220. The molecule has 0 bridgehead atoms. The van der Waals surface area contributed by atoms with Gasteiger partial charge in [-0.15, -0.1) is 0 Å². The molecular formula is C25H27N3O3S. The molecule has 1 saturated heterocycles. The number of para-hydroxylation sites is 1. The summed E-state index contributed by atoms with van der Waals surface area (Å²) in [5, 5.41) is 0.798. The van der Waals surface area contributed by atoms with Gasteiger partial charge in [0.2, 0.25) is 0 Å². The molecule has 1 aromatic heterocycles. The van der Waals surface area contributed by atoms with Gasteiger partial charge in [-0.25, -0.2) is 8.42 Å². The van der Waals surface area contributed by atoms with E-state index >= 15 is 0 Å². The first kappa shape index (κ1) is 21.1. The summed E-state index contributed by atoms with van der Waals surface area (Å²) < 4.78 is 26.1. The number of aromatic nitrogens is 1. The summed E-state index contributed by atoms with van der Waals surface area (Å²) in [6.07, 6.45) is 4.30. The van der Waals surface area contributed by atoms with Crippen molar-refractivity contribution in [1.29, 1.82) is 0 Å². The van der Waals surface area contributed by atoms with Crippen molar-refractivity contribution in [3.05, 3.63) is 71.9 Å². The van der Waals surface area contributed by atoms with Crippen LogP contribution in [0.1, 0.15) is 28.8 Å². The molecule has 1 saturated carbocycles. The van der Waals surface area contributed by atoms with Crippen molar-refractivity contribution in [2.75, 3.05) is 32.7 Å². The maximum Gasteiger partial charge on any atom is 0.253 e. The maximum atomic E-state index is 13.1. The SMILES string of the molecule is O=C(c1ccc(CS(=O)(=O)c2cccc3cccnc23)cc1)N1CCN(CC2CC2)CC1. The number of hydrogen-bond acceptors (Lipinski definition) is 5. The lowest BCUT2D eigenvalue weighted by Crippen LogP contribution is -2.49. The molecule has 1 aliphatic carbocycles. The zero-order valence-electron chi connectivity index (χ0n) is 18.0. The summed E-state index contributed by atoms with van der Waals surface area (Å²) in [5.74, 6) is 0.756. The van der Waals surface area contributed by atoms with Gasteiger partial charge in [0.1, 0.15) is 0 Å². The van der Waals surface area contributed by atoms with Gasteiger partial charge in [-0.3, -0.25) is 14.7 Å². The van der Waals surface area contributed by atoms with Crippen LogP contribution in [0.4, 0.5) is 0 Å². The molecule has 2 aliphatic rings. The van der Waals surface area contributed by atoms with Crippen molar-refractivity contribution in [1.82, 2.24) is 14.8 Å². The first-order chi connectivity index (χ1) is 15.5. The van der Waals surface area contributed by atoms with Crippen LogP contribution in [0.15, 0.2) is 65.7 Å². The molecule has 0 atom stereocenters. The molecule has 2 aromatic carbocycles. The fraction of sp³-hybridized carbons (Fsp3) is 0.360. The lowest BCUT2D eigenvalue weighted by atomic mass is 10.1. The highest BCUT2D eigenvalue weighted by molar-refractivity contribution is 7.90. The third-order valence-corrected chi connectivity index (χ3v) is 8.07. The Morgan fingerprint density at radius 1 is 0.938 bits per heavy atom. The highest BCUT2D eigenvalue weighted by atomic mass is 32.2. The zero-order chi connectivity index (χ0) is 22.1. The molecule has 2 fully saturated rings. The molecule has 1 amide bonds. The van der Waals surface area contributed by atoms with E-state index < -0.39 is 9.84 Å². The van der Waals surface area contributed by atoms with E-state index in [0.29, 0.717) is 16.6 Å². The Labute approximate surface area is 188 Å². The van der Waals surface area contributed by atoms with Crippen LogP contribution in [0, 0.1) is 5.92 Å². The predicted octanol–water partition coefficient (Wildman–Crippen LogP) is 3.38. The Morgan fingerprint density at radius 3 is 2.38 bits per heavy atom. The molecule has 0 unspecified atom stereocenters. The van der Waals surface area contributed by atoms with Crippen LogP contribution in [0.25, 0.3) is 10.9 Å². The number of amides is 1. The van der Waals surface area contributed by atoms with E-state index in [9.17, 15) is 13.2 Å². The number of nitrogens with zero attached hydrogens (tertiary/aromatic N) is 3. The first-order valence-electron chi connectivity index (χ1n) is 11.2. The van der Waals surface area contributed by atoms with E-state index in [-0.39, 0.29) is 16.6 Å². The van der Waals surface area contributed by atoms with Gasteiger partial charge >= 0.3 is 0 Å². The fourth-order valence-electron chi connectivity index (χ4n) is 4.35. The highest BCUT2D eigenvalue weighted by Crippen LogP contribution is 2.30. The van der Waals surface area contributed by atoms with Crippen molar-refractivity contribution < 1.29 is 13.2 Å². The Hall–Kier alpha value is -2.77. The standard InChI is InChI=1S/C25H27N3O3S/c29-25(28-15-13-27(14-16-28)17-19-6-7-19)22-10-8-20(9-11-22)18-32(30,31)23-5-1-3-21-4-2-12-26-24(21)23/h1-5,8-12,19H,6-7,13-18H2. The normalized spacial score (nSPS) is 17.6. The minimum Gasteiger partial charge on any atom is -0.336 e. The molecule has 2 heterocycles. The molecule has 7 heteroatoms. The smallest absolute Gasteiger partial charge is 0.253 e. The first-order valence-corrected chi connectivity index (χ1v) is 12.8. The average Bonchev–Trinajstić information content (AvgIpc) is 3.63. The van der Waals surface area contributed by atoms with Crippen LogP contribution >= 0.6 is 0 Å². The van der Waals surface area contributed by atoms with Gasteiger partial charge in [0.15, 0.2) is 9.84 Å². The monoisotopic (exact) mass is 449 g/mol. The number of sulfone groups is 1. The zero-order valence-corrected chi connectivity index (χ0v) is 18.8. The van der Waals surface area contributed by atoms with Crippen LogP contribution < -0.4 is 0 Å². The third kappa shape index (κ3) is 4.54. The van der Waals surface area contributed by atoms with Crippen molar-refractivity contribution in [2.45, 2.75) is 23.5 Å². The van der Waals surface area contributed by atoms with E-state index in [0.717, 1.165) is 44.0 Å². The number of hydrogen-bond donors (Lipinski definition) is 0. The second-order valence-corrected chi connectivity index (χ2v) is 10.8. The topological polar surface area (TPSA) is 70.6 Å². The molecular weight excluding hydrogens is 422 g/mol. The maximum absolute atomic E-state index is 13.1. The highest BCUT2D eigenvalue weighted by Gasteiger charge is 2.28. The van der Waals surface area contributed by atoms with Crippen molar-refractivity contribution in [3.8, 4) is 0 Å². The van der Waals surface area contributed by atoms with Crippen LogP contribution in [0.3, 0.4) is 0 Å². The number of piperazine rings is 1. The van der Waals surface area contributed by atoms with E-state index in [2.05, 4.69) is 9.88 Å². The average molecular weight is 450 g/mol. The van der Waals surface area contributed by atoms with E-state index in [1.807, 2.05) is 17.0 Å². The van der Waals surface area contributed by atoms with Crippen molar-refractivity contribution in [3.63, 3.8) is 0 Å². The summed E-state index contributed by atoms with van der Waals surface area (Å²) in [5.41, 5.74) is 1.75. The lowest BCUT2D eigenvalue weighted by Gasteiger charge is -2.34. The summed E-state index contributed by atoms with van der Waals surface area (Å²) in [7, 11) is -3.57. The van der Waals surface area contributed by atoms with E-state index in [1.165, 1.54) is 12.8 Å². The van der Waals surface area contributed by atoms with Crippen LogP contribution in [0.2, 0.25) is 0 Å². The Kier molecular flexibility index (Phi) is 5.69. The fourth-order valence-corrected chi connectivity index (χ4v) is 5.89. The number of carbonyl (C=O) groups excluding carboxylic acids is 1. The number of rotatable bonds is 6. The largest absolute Gasteiger partial charge is 0.336 e. The molecule has 5 rings (SSSR count). The predicted molar refractivity (Wildman–Crippen MR) is 124 cm³/mol. The van der Waals surface area contributed by atoms with Gasteiger partial charge in [-0.2, -0.15) is 0 Å². The molecule has 166 valence electrons. The van der Waals surface area contributed by atoms with Gasteiger partial charge in [0, 0.05) is 49.9 Å². The summed E-state index contributed by atoms with van der Waals surface area (Å²) in [6, 6.07) is 15.8. The molecule has 0 spiro atoms. The minimum absolute atomic E-state index is 0.0173. The summed E-state index contributed by atoms with van der Waals surface area (Å²) in [6.45, 7) is 4.51. The second-order valence-electron chi connectivity index (χ2n) is 8.82. The van der Waals surface area contributed by atoms with E-state index in [4.69, 9.17) is 0 Å². The Balaban J connectivity index is 1.26. The van der Waals surface area contributed by atoms with Crippen molar-refractivity contribution in [2.24, 2.45) is 5.92 Å². The van der Waals surface area contributed by atoms with Gasteiger partial charge in [-0.05, 0) is 48.6 Å². The molecule has 1 aliphatic heterocycles. The molecule has 0 radical (unpaired) electrons. The third-order valence-electron chi connectivity index (χ3n) is 6.36. The van der Waals surface area contributed by atoms with Crippen LogP contribution in [0.5, 0.6) is 0 Å². The number of benzene rings is 2. The van der Waals surface area contributed by atoms with Gasteiger partial charge in [0.05, 0.1) is 16.2 Å². The molecule has 6 nitrogen and oxygen atoms in total. The van der Waals surface area contributed by atoms with Gasteiger partial charge in [-0.1, -0.05) is 30.3 Å². The second kappa shape index (κ2) is 8.64. The van der Waals surface area contributed by atoms with Crippen molar-refractivity contribution >= 4 is 26.6 Å². The number of carbonyl (C=O) groups is 1. The Morgan fingerprint density at radius 2 is 1.66 bits per heavy atom. The summed E-state index contributed by atoms with van der Waals surface area (Å²) in [4.78, 5) is 21.7. The lowest BCUT2D eigenvalue weighted by molar-refractivity contribution is 0.0632. The molecule has 0 N–H and O–H groups in total. The quantitative estimate of drug-likeness (QED) is 0.577. The molecule has 32 heavy (non-hydrogen) atoms. The van der Waals surface area contributed by atoms with Gasteiger partial charge < -0.3 is 4.90 Å². The van der Waals surface area contributed by atoms with Crippen LogP contribution in [-0.4, -0.2) is 61.8 Å².